The lowest BCUT2D eigenvalue weighted by Crippen LogP contribution is -2.52. The van der Waals surface area contributed by atoms with E-state index in [9.17, 15) is 9.18 Å². The van der Waals surface area contributed by atoms with E-state index in [2.05, 4.69) is 10.6 Å². The molecule has 1 aromatic rings. The SMILES string of the molecule is CC(Cc1ccccc1F)NC(=O)C1CNC1.Cl. The summed E-state index contributed by atoms with van der Waals surface area (Å²) in [7, 11) is 0. The van der Waals surface area contributed by atoms with Crippen molar-refractivity contribution in [1.29, 1.82) is 0 Å². The second kappa shape index (κ2) is 6.71. The van der Waals surface area contributed by atoms with Gasteiger partial charge in [-0.15, -0.1) is 12.4 Å². The first-order valence-electron chi connectivity index (χ1n) is 5.91. The molecule has 1 atom stereocenters. The number of benzene rings is 1. The van der Waals surface area contributed by atoms with Crippen molar-refractivity contribution in [2.24, 2.45) is 5.92 Å². The van der Waals surface area contributed by atoms with Crippen LogP contribution in [0.25, 0.3) is 0 Å². The Morgan fingerprint density at radius 2 is 2.17 bits per heavy atom. The van der Waals surface area contributed by atoms with Crippen molar-refractivity contribution in [3.63, 3.8) is 0 Å². The third kappa shape index (κ3) is 3.68. The number of rotatable bonds is 4. The Hall–Kier alpha value is -1.13. The van der Waals surface area contributed by atoms with Crippen LogP contribution in [0.1, 0.15) is 12.5 Å². The molecule has 0 bridgehead atoms. The molecule has 18 heavy (non-hydrogen) atoms. The highest BCUT2D eigenvalue weighted by atomic mass is 35.5. The van der Waals surface area contributed by atoms with E-state index < -0.39 is 0 Å². The molecule has 0 radical (unpaired) electrons. The van der Waals surface area contributed by atoms with E-state index in [-0.39, 0.29) is 36.1 Å². The summed E-state index contributed by atoms with van der Waals surface area (Å²) in [5.74, 6) is -0.0652. The van der Waals surface area contributed by atoms with Gasteiger partial charge in [0.2, 0.25) is 5.91 Å². The van der Waals surface area contributed by atoms with Crippen LogP contribution in [0.15, 0.2) is 24.3 Å². The number of carbonyl (C=O) groups excluding carboxylic acids is 1. The van der Waals surface area contributed by atoms with Crippen molar-refractivity contribution < 1.29 is 9.18 Å². The van der Waals surface area contributed by atoms with Gasteiger partial charge in [-0.3, -0.25) is 4.79 Å². The van der Waals surface area contributed by atoms with Gasteiger partial charge >= 0.3 is 0 Å². The van der Waals surface area contributed by atoms with Gasteiger partial charge < -0.3 is 10.6 Å². The van der Waals surface area contributed by atoms with Gasteiger partial charge in [-0.2, -0.15) is 0 Å². The molecule has 1 aliphatic rings. The van der Waals surface area contributed by atoms with Crippen LogP contribution in [0.3, 0.4) is 0 Å². The quantitative estimate of drug-likeness (QED) is 0.873. The normalized spacial score (nSPS) is 16.3. The van der Waals surface area contributed by atoms with Crippen LogP contribution >= 0.6 is 12.4 Å². The molecule has 1 amide bonds. The lowest BCUT2D eigenvalue weighted by atomic mass is 10.0. The van der Waals surface area contributed by atoms with Gasteiger partial charge in [-0.1, -0.05) is 18.2 Å². The molecular formula is C13H18ClFN2O. The minimum Gasteiger partial charge on any atom is -0.353 e. The van der Waals surface area contributed by atoms with Gasteiger partial charge in [0.05, 0.1) is 5.92 Å². The number of nitrogens with one attached hydrogen (secondary N) is 2. The van der Waals surface area contributed by atoms with Gasteiger partial charge in [-0.05, 0) is 25.0 Å². The largest absolute Gasteiger partial charge is 0.353 e. The molecule has 1 aromatic carbocycles. The monoisotopic (exact) mass is 272 g/mol. The van der Waals surface area contributed by atoms with Crippen LogP contribution in [-0.2, 0) is 11.2 Å². The van der Waals surface area contributed by atoms with Crippen molar-refractivity contribution in [2.75, 3.05) is 13.1 Å². The lowest BCUT2D eigenvalue weighted by Gasteiger charge is -2.27. The van der Waals surface area contributed by atoms with Gasteiger partial charge in [0.1, 0.15) is 5.82 Å². The summed E-state index contributed by atoms with van der Waals surface area (Å²) in [5.41, 5.74) is 0.645. The van der Waals surface area contributed by atoms with E-state index in [1.54, 1.807) is 12.1 Å². The molecule has 5 heteroatoms. The van der Waals surface area contributed by atoms with Crippen LogP contribution in [0.5, 0.6) is 0 Å². The van der Waals surface area contributed by atoms with Gasteiger partial charge in [0.25, 0.3) is 0 Å². The van der Waals surface area contributed by atoms with Crippen molar-refractivity contribution in [1.82, 2.24) is 10.6 Å². The molecule has 1 aliphatic heterocycles. The average Bonchev–Trinajstić information content (AvgIpc) is 2.18. The summed E-state index contributed by atoms with van der Waals surface area (Å²) in [6.07, 6.45) is 0.526. The number of carbonyl (C=O) groups is 1. The van der Waals surface area contributed by atoms with E-state index in [1.807, 2.05) is 13.0 Å². The fourth-order valence-electron chi connectivity index (χ4n) is 1.88. The van der Waals surface area contributed by atoms with Gasteiger partial charge in [0.15, 0.2) is 0 Å². The highest BCUT2D eigenvalue weighted by molar-refractivity contribution is 5.85. The second-order valence-corrected chi connectivity index (χ2v) is 4.56. The van der Waals surface area contributed by atoms with Gasteiger partial charge in [-0.25, -0.2) is 4.39 Å². The second-order valence-electron chi connectivity index (χ2n) is 4.56. The number of halogens is 2. The minimum atomic E-state index is -0.209. The molecule has 100 valence electrons. The Kier molecular flexibility index (Phi) is 5.56. The first-order chi connectivity index (χ1) is 8.16. The first kappa shape index (κ1) is 14.9. The molecule has 0 spiro atoms. The van der Waals surface area contributed by atoms with Crippen LogP contribution in [0.4, 0.5) is 4.39 Å². The summed E-state index contributed by atoms with van der Waals surface area (Å²) >= 11 is 0. The third-order valence-electron chi connectivity index (χ3n) is 3.02. The summed E-state index contributed by atoms with van der Waals surface area (Å²) in [4.78, 5) is 11.7. The Labute approximate surface area is 113 Å². The molecule has 1 unspecified atom stereocenters. The summed E-state index contributed by atoms with van der Waals surface area (Å²) in [6, 6.07) is 6.63. The zero-order chi connectivity index (χ0) is 12.3. The summed E-state index contributed by atoms with van der Waals surface area (Å²) in [5, 5.41) is 5.97. The lowest BCUT2D eigenvalue weighted by molar-refractivity contribution is -0.127. The number of hydrogen-bond donors (Lipinski definition) is 2. The molecule has 1 heterocycles. The maximum Gasteiger partial charge on any atom is 0.225 e. The number of amides is 1. The van der Waals surface area contributed by atoms with E-state index in [1.165, 1.54) is 6.07 Å². The predicted molar refractivity (Wildman–Crippen MR) is 71.3 cm³/mol. The summed E-state index contributed by atoms with van der Waals surface area (Å²) in [6.45, 7) is 3.40. The maximum absolute atomic E-state index is 13.4. The number of hydrogen-bond acceptors (Lipinski definition) is 2. The molecular weight excluding hydrogens is 255 g/mol. The smallest absolute Gasteiger partial charge is 0.225 e. The van der Waals surface area contributed by atoms with Gasteiger partial charge in [0, 0.05) is 19.1 Å². The fraction of sp³-hybridized carbons (Fsp3) is 0.462. The van der Waals surface area contributed by atoms with Crippen molar-refractivity contribution in [2.45, 2.75) is 19.4 Å². The zero-order valence-electron chi connectivity index (χ0n) is 10.3. The van der Waals surface area contributed by atoms with Crippen LogP contribution in [-0.4, -0.2) is 25.0 Å². The molecule has 1 saturated heterocycles. The fourth-order valence-corrected chi connectivity index (χ4v) is 1.88. The molecule has 0 aliphatic carbocycles. The Balaban J connectivity index is 0.00000162. The predicted octanol–water partition coefficient (Wildman–Crippen LogP) is 1.51. The third-order valence-corrected chi connectivity index (χ3v) is 3.02. The minimum absolute atomic E-state index is 0. The summed E-state index contributed by atoms with van der Waals surface area (Å²) < 4.78 is 13.4. The molecule has 0 saturated carbocycles. The first-order valence-corrected chi connectivity index (χ1v) is 5.91. The Bertz CT molecular complexity index is 410. The Morgan fingerprint density at radius 3 is 2.72 bits per heavy atom. The molecule has 2 N–H and O–H groups in total. The molecule has 2 rings (SSSR count). The molecule has 0 aromatic heterocycles. The van der Waals surface area contributed by atoms with Crippen LogP contribution < -0.4 is 10.6 Å². The van der Waals surface area contributed by atoms with E-state index in [0.717, 1.165) is 13.1 Å². The van der Waals surface area contributed by atoms with Crippen LogP contribution in [0, 0.1) is 11.7 Å². The molecule has 1 fully saturated rings. The Morgan fingerprint density at radius 1 is 1.50 bits per heavy atom. The average molecular weight is 273 g/mol. The standard InChI is InChI=1S/C13H17FN2O.ClH/c1-9(16-13(17)11-7-15-8-11)6-10-4-2-3-5-12(10)14;/h2-5,9,11,15H,6-8H2,1H3,(H,16,17);1H. The topological polar surface area (TPSA) is 41.1 Å². The van der Waals surface area contributed by atoms with E-state index in [4.69, 9.17) is 0 Å². The maximum atomic E-state index is 13.4. The zero-order valence-corrected chi connectivity index (χ0v) is 11.1. The van der Waals surface area contributed by atoms with Crippen LogP contribution in [0.2, 0.25) is 0 Å². The van der Waals surface area contributed by atoms with Crippen molar-refractivity contribution in [3.05, 3.63) is 35.6 Å². The van der Waals surface area contributed by atoms with Crippen molar-refractivity contribution >= 4 is 18.3 Å². The van der Waals surface area contributed by atoms with Crippen molar-refractivity contribution in [3.8, 4) is 0 Å². The highest BCUT2D eigenvalue weighted by Crippen LogP contribution is 2.10. The molecule has 3 nitrogen and oxygen atoms in total. The highest BCUT2D eigenvalue weighted by Gasteiger charge is 2.25. The van der Waals surface area contributed by atoms with E-state index >= 15 is 0 Å². The van der Waals surface area contributed by atoms with E-state index in [0.29, 0.717) is 12.0 Å².